The number of likely N-dealkylation sites (tertiary alicyclic amines) is 1. The fourth-order valence-electron chi connectivity index (χ4n) is 2.58. The molecule has 0 bridgehead atoms. The molecule has 3 N–H and O–H groups in total. The lowest BCUT2D eigenvalue weighted by atomic mass is 9.74. The van der Waals surface area contributed by atoms with E-state index < -0.39 is 13.1 Å². The smallest absolute Gasteiger partial charge is 0.426 e. The molecule has 2 rings (SSSR count). The molecule has 16 heavy (non-hydrogen) atoms. The summed E-state index contributed by atoms with van der Waals surface area (Å²) in [7, 11) is -1.42. The number of hydrogen-bond donors (Lipinski definition) is 3. The van der Waals surface area contributed by atoms with Gasteiger partial charge in [-0.2, -0.15) is 0 Å². The first-order chi connectivity index (χ1) is 7.43. The van der Waals surface area contributed by atoms with Crippen LogP contribution in [-0.4, -0.2) is 53.0 Å². The summed E-state index contributed by atoms with van der Waals surface area (Å²) < 4.78 is 0. The minimum Gasteiger partial charge on any atom is -0.426 e. The molecule has 0 aromatic rings. The standard InChI is InChI=1S/C10H19BN2O3/c1-10(2)6-12-8(10)9(14)13-5-3-4-7(13)11(15)16/h7-8,12,15-16H,3-6H2,1-2H3/t7-,8?/m0/s1. The highest BCUT2D eigenvalue weighted by atomic mass is 16.4. The van der Waals surface area contributed by atoms with E-state index in [1.165, 1.54) is 0 Å². The van der Waals surface area contributed by atoms with Gasteiger partial charge in [0.2, 0.25) is 5.91 Å². The van der Waals surface area contributed by atoms with Crippen molar-refractivity contribution in [3.8, 4) is 0 Å². The second-order valence-corrected chi connectivity index (χ2v) is 5.46. The van der Waals surface area contributed by atoms with Crippen molar-refractivity contribution in [2.75, 3.05) is 13.1 Å². The first-order valence-corrected chi connectivity index (χ1v) is 5.83. The number of rotatable bonds is 2. The number of hydrogen-bond acceptors (Lipinski definition) is 4. The predicted octanol–water partition coefficient (Wildman–Crippen LogP) is -1.01. The van der Waals surface area contributed by atoms with Gasteiger partial charge in [-0.3, -0.25) is 4.79 Å². The Hall–Kier alpha value is -0.585. The Morgan fingerprint density at radius 3 is 2.62 bits per heavy atom. The Kier molecular flexibility index (Phi) is 2.98. The van der Waals surface area contributed by atoms with E-state index in [0.29, 0.717) is 13.0 Å². The summed E-state index contributed by atoms with van der Waals surface area (Å²) in [6.45, 7) is 5.57. The molecule has 2 heterocycles. The molecule has 5 nitrogen and oxygen atoms in total. The molecule has 0 aliphatic carbocycles. The van der Waals surface area contributed by atoms with Gasteiger partial charge in [0.05, 0.1) is 12.0 Å². The lowest BCUT2D eigenvalue weighted by Gasteiger charge is -2.46. The fraction of sp³-hybridized carbons (Fsp3) is 0.900. The van der Waals surface area contributed by atoms with Crippen molar-refractivity contribution in [3.63, 3.8) is 0 Å². The molecule has 0 radical (unpaired) electrons. The topological polar surface area (TPSA) is 72.8 Å². The third-order valence-electron chi connectivity index (χ3n) is 3.72. The summed E-state index contributed by atoms with van der Waals surface area (Å²) in [5.41, 5.74) is -0.0232. The quantitative estimate of drug-likeness (QED) is 0.527. The maximum absolute atomic E-state index is 12.2. The van der Waals surface area contributed by atoms with Crippen molar-refractivity contribution in [3.05, 3.63) is 0 Å². The minimum atomic E-state index is -1.42. The molecular weight excluding hydrogens is 207 g/mol. The van der Waals surface area contributed by atoms with E-state index in [-0.39, 0.29) is 17.4 Å². The molecule has 0 aromatic heterocycles. The summed E-state index contributed by atoms with van der Waals surface area (Å²) in [4.78, 5) is 13.8. The minimum absolute atomic E-state index is 0.00634. The van der Waals surface area contributed by atoms with Crippen LogP contribution in [0.2, 0.25) is 0 Å². The lowest BCUT2D eigenvalue weighted by Crippen LogP contribution is -2.67. The highest BCUT2D eigenvalue weighted by Gasteiger charge is 2.48. The Balaban J connectivity index is 2.04. The molecule has 1 unspecified atom stereocenters. The number of nitrogens with one attached hydrogen (secondary N) is 1. The van der Waals surface area contributed by atoms with Gasteiger partial charge >= 0.3 is 7.12 Å². The van der Waals surface area contributed by atoms with Crippen LogP contribution in [0.15, 0.2) is 0 Å². The van der Waals surface area contributed by atoms with Crippen LogP contribution in [0.25, 0.3) is 0 Å². The van der Waals surface area contributed by atoms with Crippen molar-refractivity contribution >= 4 is 13.0 Å². The molecule has 1 amide bonds. The van der Waals surface area contributed by atoms with E-state index in [0.717, 1.165) is 13.0 Å². The molecule has 0 aromatic carbocycles. The second kappa shape index (κ2) is 4.02. The monoisotopic (exact) mass is 226 g/mol. The van der Waals surface area contributed by atoms with Crippen LogP contribution >= 0.6 is 0 Å². The fourth-order valence-corrected chi connectivity index (χ4v) is 2.58. The number of carbonyl (C=O) groups is 1. The molecule has 90 valence electrons. The van der Waals surface area contributed by atoms with Crippen molar-refractivity contribution in [1.82, 2.24) is 10.2 Å². The maximum atomic E-state index is 12.2. The van der Waals surface area contributed by atoms with E-state index >= 15 is 0 Å². The highest BCUT2D eigenvalue weighted by Crippen LogP contribution is 2.31. The summed E-state index contributed by atoms with van der Waals surface area (Å²) in [5.74, 6) is -0.419. The van der Waals surface area contributed by atoms with Gasteiger partial charge in [0.1, 0.15) is 0 Å². The van der Waals surface area contributed by atoms with E-state index in [1.807, 2.05) is 13.8 Å². The number of amides is 1. The zero-order chi connectivity index (χ0) is 11.9. The third kappa shape index (κ3) is 1.85. The summed E-state index contributed by atoms with van der Waals surface area (Å²) >= 11 is 0. The Morgan fingerprint density at radius 1 is 1.50 bits per heavy atom. The van der Waals surface area contributed by atoms with Crippen LogP contribution in [0.5, 0.6) is 0 Å². The molecule has 0 spiro atoms. The molecular formula is C10H19BN2O3. The molecule has 6 heteroatoms. The molecule has 0 saturated carbocycles. The van der Waals surface area contributed by atoms with E-state index in [9.17, 15) is 14.8 Å². The van der Waals surface area contributed by atoms with Gasteiger partial charge in [-0.05, 0) is 12.8 Å². The Bertz CT molecular complexity index is 296. The maximum Gasteiger partial charge on any atom is 0.475 e. The molecule has 2 aliphatic heterocycles. The largest absolute Gasteiger partial charge is 0.475 e. The van der Waals surface area contributed by atoms with Crippen LogP contribution in [0.3, 0.4) is 0 Å². The molecule has 2 fully saturated rings. The first kappa shape index (κ1) is 11.9. The van der Waals surface area contributed by atoms with E-state index in [1.54, 1.807) is 4.90 Å². The molecule has 2 atom stereocenters. The van der Waals surface area contributed by atoms with E-state index in [4.69, 9.17) is 0 Å². The van der Waals surface area contributed by atoms with Crippen LogP contribution < -0.4 is 5.32 Å². The highest BCUT2D eigenvalue weighted by molar-refractivity contribution is 6.43. The average molecular weight is 226 g/mol. The Labute approximate surface area is 96.0 Å². The van der Waals surface area contributed by atoms with Crippen LogP contribution in [0.1, 0.15) is 26.7 Å². The second-order valence-electron chi connectivity index (χ2n) is 5.46. The summed E-state index contributed by atoms with van der Waals surface area (Å²) in [5, 5.41) is 21.5. The number of nitrogens with zero attached hydrogens (tertiary/aromatic N) is 1. The van der Waals surface area contributed by atoms with Gasteiger partial charge in [0.25, 0.3) is 0 Å². The van der Waals surface area contributed by atoms with Crippen molar-refractivity contribution < 1.29 is 14.8 Å². The van der Waals surface area contributed by atoms with E-state index in [2.05, 4.69) is 5.32 Å². The van der Waals surface area contributed by atoms with Gasteiger partial charge in [-0.25, -0.2) is 0 Å². The zero-order valence-corrected chi connectivity index (χ0v) is 9.81. The van der Waals surface area contributed by atoms with Crippen molar-refractivity contribution in [1.29, 1.82) is 0 Å². The Morgan fingerprint density at radius 2 is 2.19 bits per heavy atom. The van der Waals surface area contributed by atoms with Gasteiger partial charge in [-0.1, -0.05) is 13.8 Å². The lowest BCUT2D eigenvalue weighted by molar-refractivity contribution is -0.140. The van der Waals surface area contributed by atoms with Crippen LogP contribution in [0, 0.1) is 5.41 Å². The molecule has 2 saturated heterocycles. The number of carbonyl (C=O) groups excluding carboxylic acids is 1. The summed E-state index contributed by atoms with van der Waals surface area (Å²) in [6, 6.07) is -0.174. The van der Waals surface area contributed by atoms with Gasteiger partial charge in [-0.15, -0.1) is 0 Å². The predicted molar refractivity (Wildman–Crippen MR) is 60.5 cm³/mol. The van der Waals surface area contributed by atoms with Gasteiger partial charge in [0, 0.05) is 18.5 Å². The average Bonchev–Trinajstić information content (AvgIpc) is 2.64. The SMILES string of the molecule is CC1(C)CNC1C(=O)N1CCC[C@H]1B(O)O. The molecule has 2 aliphatic rings. The van der Waals surface area contributed by atoms with Crippen LogP contribution in [0.4, 0.5) is 0 Å². The van der Waals surface area contributed by atoms with Gasteiger partial charge < -0.3 is 20.3 Å². The van der Waals surface area contributed by atoms with Gasteiger partial charge in [0.15, 0.2) is 0 Å². The summed E-state index contributed by atoms with van der Waals surface area (Å²) in [6.07, 6.45) is 1.53. The first-order valence-electron chi connectivity index (χ1n) is 5.83. The third-order valence-corrected chi connectivity index (χ3v) is 3.72. The van der Waals surface area contributed by atoms with Crippen molar-refractivity contribution in [2.45, 2.75) is 38.7 Å². The van der Waals surface area contributed by atoms with Crippen LogP contribution in [-0.2, 0) is 4.79 Å². The zero-order valence-electron chi connectivity index (χ0n) is 9.81. The van der Waals surface area contributed by atoms with Crippen molar-refractivity contribution in [2.24, 2.45) is 5.41 Å². The normalized spacial score (nSPS) is 32.4.